The Hall–Kier alpha value is -2.49. The number of hydrogen-bond donors (Lipinski definition) is 2. The number of halogens is 1. The Morgan fingerprint density at radius 3 is 2.33 bits per heavy atom. The van der Waals surface area contributed by atoms with Crippen LogP contribution < -0.4 is 14.9 Å². The van der Waals surface area contributed by atoms with Crippen LogP contribution in [0.3, 0.4) is 0 Å². The molecule has 1 aliphatic heterocycles. The molecular weight excluding hydrogens is 407 g/mol. The number of aryl methyl sites for hydroxylation is 1. The number of amides is 1. The summed E-state index contributed by atoms with van der Waals surface area (Å²) in [6.45, 7) is 7.26. The molecule has 9 heteroatoms. The standard InChI is InChI=1S/C21H27FN4O3S/c1-16-15-19(24-17(2)27)5-8-21(16)30(28,29)23-9-10-25-11-13-26(14-12-25)20-6-3-18(22)4-7-20/h3-8,15,23H,9-14H2,1-2H3,(H,24,27). The number of nitrogens with zero attached hydrogens (tertiary/aromatic N) is 2. The summed E-state index contributed by atoms with van der Waals surface area (Å²) >= 11 is 0. The zero-order chi connectivity index (χ0) is 21.7. The Morgan fingerprint density at radius 2 is 1.73 bits per heavy atom. The van der Waals surface area contributed by atoms with E-state index < -0.39 is 10.0 Å². The minimum atomic E-state index is -3.63. The largest absolute Gasteiger partial charge is 0.369 e. The van der Waals surface area contributed by atoms with Gasteiger partial charge in [-0.1, -0.05) is 0 Å². The monoisotopic (exact) mass is 434 g/mol. The minimum Gasteiger partial charge on any atom is -0.369 e. The van der Waals surface area contributed by atoms with Crippen molar-refractivity contribution in [2.24, 2.45) is 0 Å². The van der Waals surface area contributed by atoms with Crippen LogP contribution >= 0.6 is 0 Å². The van der Waals surface area contributed by atoms with Crippen molar-refractivity contribution in [3.8, 4) is 0 Å². The number of carbonyl (C=O) groups is 1. The van der Waals surface area contributed by atoms with Gasteiger partial charge in [0.25, 0.3) is 0 Å². The fraction of sp³-hybridized carbons (Fsp3) is 0.381. The number of rotatable bonds is 7. The molecule has 0 atom stereocenters. The molecule has 2 aromatic carbocycles. The molecule has 1 heterocycles. The Bertz CT molecular complexity index is 988. The Morgan fingerprint density at radius 1 is 1.07 bits per heavy atom. The van der Waals surface area contributed by atoms with Crippen LogP contribution in [0.5, 0.6) is 0 Å². The number of carbonyl (C=O) groups excluding carboxylic acids is 1. The Labute approximate surface area is 176 Å². The summed E-state index contributed by atoms with van der Waals surface area (Å²) in [6, 6.07) is 11.2. The average Bonchev–Trinajstić information content (AvgIpc) is 2.68. The topological polar surface area (TPSA) is 81.7 Å². The number of nitrogens with one attached hydrogen (secondary N) is 2. The molecule has 1 saturated heterocycles. The van der Waals surface area contributed by atoms with E-state index in [1.807, 2.05) is 0 Å². The zero-order valence-corrected chi connectivity index (χ0v) is 18.0. The summed E-state index contributed by atoms with van der Waals surface area (Å²) in [4.78, 5) is 15.8. The smallest absolute Gasteiger partial charge is 0.240 e. The van der Waals surface area contributed by atoms with E-state index in [0.29, 0.717) is 24.3 Å². The van der Waals surface area contributed by atoms with Gasteiger partial charge in [0.05, 0.1) is 4.90 Å². The molecule has 0 spiro atoms. The van der Waals surface area contributed by atoms with Crippen molar-refractivity contribution in [1.29, 1.82) is 0 Å². The van der Waals surface area contributed by atoms with Crippen molar-refractivity contribution >= 4 is 27.3 Å². The van der Waals surface area contributed by atoms with Crippen LogP contribution in [0, 0.1) is 12.7 Å². The van der Waals surface area contributed by atoms with Crippen LogP contribution in [0.15, 0.2) is 47.4 Å². The highest BCUT2D eigenvalue weighted by Gasteiger charge is 2.20. The van der Waals surface area contributed by atoms with Crippen molar-refractivity contribution in [1.82, 2.24) is 9.62 Å². The van der Waals surface area contributed by atoms with E-state index in [2.05, 4.69) is 19.8 Å². The number of sulfonamides is 1. The van der Waals surface area contributed by atoms with Gasteiger partial charge in [-0.25, -0.2) is 17.5 Å². The molecule has 0 radical (unpaired) electrons. The lowest BCUT2D eigenvalue weighted by atomic mass is 10.2. The molecule has 0 bridgehead atoms. The third-order valence-electron chi connectivity index (χ3n) is 5.07. The number of anilines is 2. The van der Waals surface area contributed by atoms with Gasteiger partial charge in [0.1, 0.15) is 5.82 Å². The van der Waals surface area contributed by atoms with E-state index in [-0.39, 0.29) is 16.6 Å². The molecule has 30 heavy (non-hydrogen) atoms. The first-order chi connectivity index (χ1) is 14.2. The molecule has 3 rings (SSSR count). The first-order valence-corrected chi connectivity index (χ1v) is 11.3. The predicted molar refractivity (Wildman–Crippen MR) is 116 cm³/mol. The quantitative estimate of drug-likeness (QED) is 0.698. The van der Waals surface area contributed by atoms with Crippen LogP contribution in [0.1, 0.15) is 12.5 Å². The lowest BCUT2D eigenvalue weighted by Gasteiger charge is -2.36. The van der Waals surface area contributed by atoms with Crippen LogP contribution in [0.4, 0.5) is 15.8 Å². The number of hydrogen-bond acceptors (Lipinski definition) is 5. The fourth-order valence-corrected chi connectivity index (χ4v) is 4.77. The van der Waals surface area contributed by atoms with E-state index >= 15 is 0 Å². The second kappa shape index (κ2) is 9.55. The first kappa shape index (κ1) is 22.2. The summed E-state index contributed by atoms with van der Waals surface area (Å²) in [5.74, 6) is -0.452. The van der Waals surface area contributed by atoms with Crippen LogP contribution in [-0.2, 0) is 14.8 Å². The van der Waals surface area contributed by atoms with E-state index in [4.69, 9.17) is 0 Å². The predicted octanol–water partition coefficient (Wildman–Crippen LogP) is 2.19. The molecule has 162 valence electrons. The summed E-state index contributed by atoms with van der Waals surface area (Å²) in [5.41, 5.74) is 2.13. The summed E-state index contributed by atoms with van der Waals surface area (Å²) in [5, 5.41) is 2.65. The molecule has 2 aromatic rings. The second-order valence-corrected chi connectivity index (χ2v) is 9.10. The molecule has 1 fully saturated rings. The highest BCUT2D eigenvalue weighted by Crippen LogP contribution is 2.20. The third kappa shape index (κ3) is 5.78. The second-order valence-electron chi connectivity index (χ2n) is 7.36. The van der Waals surface area contributed by atoms with Crippen molar-refractivity contribution in [3.63, 3.8) is 0 Å². The van der Waals surface area contributed by atoms with Gasteiger partial charge in [0.2, 0.25) is 15.9 Å². The maximum absolute atomic E-state index is 13.1. The van der Waals surface area contributed by atoms with Gasteiger partial charge >= 0.3 is 0 Å². The first-order valence-electron chi connectivity index (χ1n) is 9.85. The van der Waals surface area contributed by atoms with Crippen LogP contribution in [0.25, 0.3) is 0 Å². The summed E-state index contributed by atoms with van der Waals surface area (Å²) in [6.07, 6.45) is 0. The van der Waals surface area contributed by atoms with Gasteiger partial charge in [-0.3, -0.25) is 9.69 Å². The maximum Gasteiger partial charge on any atom is 0.240 e. The summed E-state index contributed by atoms with van der Waals surface area (Å²) < 4.78 is 41.0. The Balaban J connectivity index is 1.49. The van der Waals surface area contributed by atoms with E-state index in [1.54, 1.807) is 31.2 Å². The molecule has 0 aromatic heterocycles. The highest BCUT2D eigenvalue weighted by atomic mass is 32.2. The van der Waals surface area contributed by atoms with E-state index in [0.717, 1.165) is 31.9 Å². The molecule has 0 saturated carbocycles. The van der Waals surface area contributed by atoms with Gasteiger partial charge in [0, 0.05) is 57.6 Å². The van der Waals surface area contributed by atoms with E-state index in [1.165, 1.54) is 25.1 Å². The number of benzene rings is 2. The molecule has 1 aliphatic rings. The van der Waals surface area contributed by atoms with Crippen LogP contribution in [-0.4, -0.2) is 58.5 Å². The lowest BCUT2D eigenvalue weighted by molar-refractivity contribution is -0.114. The summed E-state index contributed by atoms with van der Waals surface area (Å²) in [7, 11) is -3.63. The molecule has 0 unspecified atom stereocenters. The van der Waals surface area contributed by atoms with Gasteiger partial charge < -0.3 is 10.2 Å². The SMILES string of the molecule is CC(=O)Nc1ccc(S(=O)(=O)NCCN2CCN(c3ccc(F)cc3)CC2)c(C)c1. The zero-order valence-electron chi connectivity index (χ0n) is 17.2. The maximum atomic E-state index is 13.1. The average molecular weight is 435 g/mol. The normalized spacial score (nSPS) is 15.2. The van der Waals surface area contributed by atoms with Crippen molar-refractivity contribution < 1.29 is 17.6 Å². The van der Waals surface area contributed by atoms with Gasteiger partial charge in [0.15, 0.2) is 0 Å². The number of piperazine rings is 1. The van der Waals surface area contributed by atoms with E-state index in [9.17, 15) is 17.6 Å². The molecule has 1 amide bonds. The van der Waals surface area contributed by atoms with Gasteiger partial charge in [-0.05, 0) is 55.0 Å². The van der Waals surface area contributed by atoms with Crippen molar-refractivity contribution in [2.45, 2.75) is 18.7 Å². The molecular formula is C21H27FN4O3S. The van der Waals surface area contributed by atoms with Crippen molar-refractivity contribution in [2.75, 3.05) is 49.5 Å². The van der Waals surface area contributed by atoms with Gasteiger partial charge in [-0.15, -0.1) is 0 Å². The fourth-order valence-electron chi connectivity index (χ4n) is 3.53. The molecule has 2 N–H and O–H groups in total. The third-order valence-corrected chi connectivity index (χ3v) is 6.69. The minimum absolute atomic E-state index is 0.206. The molecule has 0 aliphatic carbocycles. The molecule has 7 nitrogen and oxygen atoms in total. The highest BCUT2D eigenvalue weighted by molar-refractivity contribution is 7.89. The Kier molecular flexibility index (Phi) is 7.06. The van der Waals surface area contributed by atoms with Gasteiger partial charge in [-0.2, -0.15) is 0 Å². The van der Waals surface area contributed by atoms with Crippen molar-refractivity contribution in [3.05, 3.63) is 53.8 Å². The van der Waals surface area contributed by atoms with Crippen LogP contribution in [0.2, 0.25) is 0 Å². The lowest BCUT2D eigenvalue weighted by Crippen LogP contribution is -2.48.